The van der Waals surface area contributed by atoms with E-state index < -0.39 is 0 Å². The molecule has 0 spiro atoms. The van der Waals surface area contributed by atoms with Crippen molar-refractivity contribution < 1.29 is 4.79 Å². The zero-order valence-corrected chi connectivity index (χ0v) is 13.6. The summed E-state index contributed by atoms with van der Waals surface area (Å²) >= 11 is 0. The summed E-state index contributed by atoms with van der Waals surface area (Å²) in [5.74, 6) is 0.00852. The molecule has 0 aliphatic heterocycles. The second-order valence-electron chi connectivity index (χ2n) is 6.40. The third-order valence-electron chi connectivity index (χ3n) is 4.61. The van der Waals surface area contributed by atoms with Crippen LogP contribution in [-0.2, 0) is 12.8 Å². The molecule has 2 aromatic rings. The maximum Gasteiger partial charge on any atom is 0.252 e. The zero-order valence-electron chi connectivity index (χ0n) is 13.6. The quantitative estimate of drug-likeness (QED) is 0.899. The molecule has 0 saturated heterocycles. The summed E-state index contributed by atoms with van der Waals surface area (Å²) < 4.78 is 0. The van der Waals surface area contributed by atoms with E-state index in [1.807, 2.05) is 32.0 Å². The summed E-state index contributed by atoms with van der Waals surface area (Å²) in [6, 6.07) is 12.7. The number of carbonyl (C=O) groups is 1. The van der Waals surface area contributed by atoms with E-state index in [1.165, 1.54) is 36.0 Å². The Labute approximate surface area is 132 Å². The lowest BCUT2D eigenvalue weighted by atomic mass is 10.0. The predicted molar refractivity (Wildman–Crippen MR) is 90.3 cm³/mol. The number of fused-ring (bicyclic) bond motifs is 1. The van der Waals surface area contributed by atoms with Gasteiger partial charge in [0.15, 0.2) is 0 Å². The Morgan fingerprint density at radius 2 is 1.82 bits per heavy atom. The van der Waals surface area contributed by atoms with E-state index in [0.29, 0.717) is 0 Å². The van der Waals surface area contributed by atoms with Crippen LogP contribution < -0.4 is 5.32 Å². The van der Waals surface area contributed by atoms with Crippen molar-refractivity contribution in [3.05, 3.63) is 69.8 Å². The minimum absolute atomic E-state index is 0.00852. The Morgan fingerprint density at radius 1 is 1.05 bits per heavy atom. The van der Waals surface area contributed by atoms with Gasteiger partial charge in [0.25, 0.3) is 5.91 Å². The summed E-state index contributed by atoms with van der Waals surface area (Å²) in [5.41, 5.74) is 7.01. The minimum Gasteiger partial charge on any atom is -0.346 e. The molecule has 22 heavy (non-hydrogen) atoms. The highest BCUT2D eigenvalue weighted by Gasteiger charge is 2.16. The van der Waals surface area contributed by atoms with Gasteiger partial charge in [-0.3, -0.25) is 4.79 Å². The van der Waals surface area contributed by atoms with Gasteiger partial charge in [0.2, 0.25) is 0 Å². The van der Waals surface area contributed by atoms with Crippen molar-refractivity contribution in [2.75, 3.05) is 0 Å². The number of carbonyl (C=O) groups excluding carboxylic acids is 1. The van der Waals surface area contributed by atoms with Crippen LogP contribution in [0.1, 0.15) is 57.6 Å². The van der Waals surface area contributed by atoms with Crippen LogP contribution >= 0.6 is 0 Å². The summed E-state index contributed by atoms with van der Waals surface area (Å²) in [4.78, 5) is 12.5. The molecule has 0 bridgehead atoms. The van der Waals surface area contributed by atoms with Crippen LogP contribution in [0.4, 0.5) is 0 Å². The lowest BCUT2D eigenvalue weighted by Crippen LogP contribution is -2.27. The monoisotopic (exact) mass is 293 g/mol. The molecule has 2 nitrogen and oxygen atoms in total. The molecule has 0 saturated carbocycles. The number of hydrogen-bond donors (Lipinski definition) is 1. The summed E-state index contributed by atoms with van der Waals surface area (Å²) in [6.07, 6.45) is 3.61. The molecule has 0 heterocycles. The fraction of sp³-hybridized carbons (Fsp3) is 0.350. The van der Waals surface area contributed by atoms with Crippen molar-refractivity contribution in [1.29, 1.82) is 0 Å². The Balaban J connectivity index is 1.77. The molecule has 1 aliphatic carbocycles. The molecular weight excluding hydrogens is 270 g/mol. The van der Waals surface area contributed by atoms with E-state index in [9.17, 15) is 4.79 Å². The number of hydrogen-bond acceptors (Lipinski definition) is 1. The van der Waals surface area contributed by atoms with Gasteiger partial charge < -0.3 is 5.32 Å². The Kier molecular flexibility index (Phi) is 4.02. The number of aryl methyl sites for hydroxylation is 4. The van der Waals surface area contributed by atoms with Crippen molar-refractivity contribution in [1.82, 2.24) is 5.32 Å². The zero-order chi connectivity index (χ0) is 15.7. The largest absolute Gasteiger partial charge is 0.346 e. The van der Waals surface area contributed by atoms with E-state index in [4.69, 9.17) is 0 Å². The molecule has 2 aromatic carbocycles. The van der Waals surface area contributed by atoms with Crippen LogP contribution in [0.3, 0.4) is 0 Å². The molecule has 1 amide bonds. The SMILES string of the molecule is Cc1ccc(C)c(C(=O)N[C@H](C)c2ccc3c(c2)CCC3)c1. The van der Waals surface area contributed by atoms with Gasteiger partial charge in [-0.25, -0.2) is 0 Å². The van der Waals surface area contributed by atoms with Gasteiger partial charge in [-0.2, -0.15) is 0 Å². The number of amides is 1. The first-order chi connectivity index (χ1) is 10.5. The molecule has 0 fully saturated rings. The van der Waals surface area contributed by atoms with Gasteiger partial charge in [0.05, 0.1) is 6.04 Å². The molecule has 0 radical (unpaired) electrons. The first-order valence-corrected chi connectivity index (χ1v) is 8.04. The number of benzene rings is 2. The van der Waals surface area contributed by atoms with Crippen LogP contribution in [0.2, 0.25) is 0 Å². The van der Waals surface area contributed by atoms with E-state index >= 15 is 0 Å². The van der Waals surface area contributed by atoms with Crippen molar-refractivity contribution in [3.63, 3.8) is 0 Å². The fourth-order valence-electron chi connectivity index (χ4n) is 3.20. The summed E-state index contributed by atoms with van der Waals surface area (Å²) in [6.45, 7) is 6.05. The van der Waals surface area contributed by atoms with Gasteiger partial charge >= 0.3 is 0 Å². The smallest absolute Gasteiger partial charge is 0.252 e. The van der Waals surface area contributed by atoms with Gasteiger partial charge in [-0.15, -0.1) is 0 Å². The van der Waals surface area contributed by atoms with Gasteiger partial charge in [-0.1, -0.05) is 35.9 Å². The van der Waals surface area contributed by atoms with E-state index in [2.05, 4.69) is 30.4 Å². The van der Waals surface area contributed by atoms with Crippen LogP contribution in [0, 0.1) is 13.8 Å². The molecule has 114 valence electrons. The van der Waals surface area contributed by atoms with Gasteiger partial charge in [0.1, 0.15) is 0 Å². The third-order valence-corrected chi connectivity index (χ3v) is 4.61. The average molecular weight is 293 g/mol. The van der Waals surface area contributed by atoms with E-state index in [-0.39, 0.29) is 11.9 Å². The summed E-state index contributed by atoms with van der Waals surface area (Å²) in [7, 11) is 0. The highest BCUT2D eigenvalue weighted by Crippen LogP contribution is 2.25. The standard InChI is InChI=1S/C20H23NO/c1-13-7-8-14(2)19(11-13)20(22)21-15(3)17-10-9-16-5-4-6-18(16)12-17/h7-12,15H,4-6H2,1-3H3,(H,21,22)/t15-/m1/s1. The molecule has 1 atom stereocenters. The van der Waals surface area contributed by atoms with E-state index in [1.54, 1.807) is 0 Å². The normalized spacial score (nSPS) is 14.5. The Bertz CT molecular complexity index is 718. The number of nitrogens with one attached hydrogen (secondary N) is 1. The van der Waals surface area contributed by atoms with Crippen molar-refractivity contribution >= 4 is 5.91 Å². The minimum atomic E-state index is 0.00852. The van der Waals surface area contributed by atoms with Crippen LogP contribution in [0.25, 0.3) is 0 Å². The maximum absolute atomic E-state index is 12.5. The molecule has 3 rings (SSSR count). The molecule has 1 N–H and O–H groups in total. The lowest BCUT2D eigenvalue weighted by Gasteiger charge is -2.17. The summed E-state index contributed by atoms with van der Waals surface area (Å²) in [5, 5.41) is 3.13. The highest BCUT2D eigenvalue weighted by atomic mass is 16.1. The van der Waals surface area contributed by atoms with E-state index in [0.717, 1.165) is 16.7 Å². The molecule has 0 unspecified atom stereocenters. The van der Waals surface area contributed by atoms with Crippen LogP contribution in [0.5, 0.6) is 0 Å². The molecule has 1 aliphatic rings. The van der Waals surface area contributed by atoms with Gasteiger partial charge in [-0.05, 0) is 68.4 Å². The predicted octanol–water partition coefficient (Wildman–Crippen LogP) is 4.28. The average Bonchev–Trinajstić information content (AvgIpc) is 2.97. The van der Waals surface area contributed by atoms with Crippen molar-refractivity contribution in [2.24, 2.45) is 0 Å². The molecule has 0 aromatic heterocycles. The van der Waals surface area contributed by atoms with Crippen molar-refractivity contribution in [2.45, 2.75) is 46.1 Å². The first kappa shape index (κ1) is 14.8. The molecule has 2 heteroatoms. The highest BCUT2D eigenvalue weighted by molar-refractivity contribution is 5.96. The Morgan fingerprint density at radius 3 is 2.64 bits per heavy atom. The van der Waals surface area contributed by atoms with Crippen molar-refractivity contribution in [3.8, 4) is 0 Å². The fourth-order valence-corrected chi connectivity index (χ4v) is 3.20. The second-order valence-corrected chi connectivity index (χ2v) is 6.40. The lowest BCUT2D eigenvalue weighted by molar-refractivity contribution is 0.0939. The third kappa shape index (κ3) is 2.92. The second kappa shape index (κ2) is 5.96. The first-order valence-electron chi connectivity index (χ1n) is 8.04. The number of rotatable bonds is 3. The van der Waals surface area contributed by atoms with Crippen LogP contribution in [-0.4, -0.2) is 5.91 Å². The Hall–Kier alpha value is -2.09. The molecular formula is C20H23NO. The van der Waals surface area contributed by atoms with Gasteiger partial charge in [0, 0.05) is 5.56 Å². The maximum atomic E-state index is 12.5. The topological polar surface area (TPSA) is 29.1 Å². The van der Waals surface area contributed by atoms with Crippen LogP contribution in [0.15, 0.2) is 36.4 Å².